The molecule has 1 aromatic rings. The molecular weight excluding hydrogens is 180 g/mol. The average molecular weight is 194 g/mol. The lowest BCUT2D eigenvalue weighted by molar-refractivity contribution is 0.171. The van der Waals surface area contributed by atoms with Crippen molar-refractivity contribution in [1.29, 1.82) is 0 Å². The Hall–Kier alpha value is -1.26. The van der Waals surface area contributed by atoms with Crippen LogP contribution in [0.4, 0.5) is 0 Å². The summed E-state index contributed by atoms with van der Waals surface area (Å²) in [5, 5.41) is 0. The lowest BCUT2D eigenvalue weighted by atomic mass is 10.1. The predicted molar refractivity (Wildman–Crippen MR) is 53.4 cm³/mol. The Bertz CT molecular complexity index is 328. The van der Waals surface area contributed by atoms with Gasteiger partial charge in [-0.2, -0.15) is 0 Å². The van der Waals surface area contributed by atoms with Gasteiger partial charge in [0, 0.05) is 12.6 Å². The third-order valence-corrected chi connectivity index (χ3v) is 2.25. The number of ether oxygens (including phenoxy) is 2. The summed E-state index contributed by atoms with van der Waals surface area (Å²) in [6.07, 6.45) is 0. The molecule has 1 heterocycles. The van der Waals surface area contributed by atoms with Crippen LogP contribution in [-0.2, 0) is 0 Å². The molecule has 2 rings (SSSR count). The van der Waals surface area contributed by atoms with Crippen molar-refractivity contribution in [2.24, 2.45) is 11.5 Å². The summed E-state index contributed by atoms with van der Waals surface area (Å²) in [5.74, 6) is 1.54. The van der Waals surface area contributed by atoms with Gasteiger partial charge >= 0.3 is 0 Å². The largest absolute Gasteiger partial charge is 0.486 e. The monoisotopic (exact) mass is 194 g/mol. The molecule has 0 saturated carbocycles. The van der Waals surface area contributed by atoms with Crippen LogP contribution in [0.1, 0.15) is 11.6 Å². The van der Waals surface area contributed by atoms with Gasteiger partial charge in [0.1, 0.15) is 13.2 Å². The standard InChI is InChI=1S/C10H14N2O2/c11-6-8(12)7-1-2-9-10(5-7)14-4-3-13-9/h1-2,5,8H,3-4,6,11-12H2/t8-/m0/s1. The second-order valence-electron chi connectivity index (χ2n) is 3.25. The van der Waals surface area contributed by atoms with Crippen molar-refractivity contribution in [2.75, 3.05) is 19.8 Å². The van der Waals surface area contributed by atoms with Gasteiger partial charge in [0.15, 0.2) is 11.5 Å². The van der Waals surface area contributed by atoms with Crippen LogP contribution in [0, 0.1) is 0 Å². The lowest BCUT2D eigenvalue weighted by Crippen LogP contribution is -2.21. The normalized spacial score (nSPS) is 16.4. The first-order valence-corrected chi connectivity index (χ1v) is 4.66. The van der Waals surface area contributed by atoms with Crippen molar-refractivity contribution in [3.8, 4) is 11.5 Å². The van der Waals surface area contributed by atoms with Crippen LogP contribution in [0.15, 0.2) is 18.2 Å². The van der Waals surface area contributed by atoms with Crippen molar-refractivity contribution in [3.63, 3.8) is 0 Å². The van der Waals surface area contributed by atoms with Gasteiger partial charge < -0.3 is 20.9 Å². The third kappa shape index (κ3) is 1.66. The Morgan fingerprint density at radius 3 is 2.64 bits per heavy atom. The van der Waals surface area contributed by atoms with Gasteiger partial charge in [-0.3, -0.25) is 0 Å². The van der Waals surface area contributed by atoms with E-state index in [0.717, 1.165) is 17.1 Å². The second-order valence-corrected chi connectivity index (χ2v) is 3.25. The van der Waals surface area contributed by atoms with Crippen LogP contribution < -0.4 is 20.9 Å². The van der Waals surface area contributed by atoms with Crippen LogP contribution in [-0.4, -0.2) is 19.8 Å². The summed E-state index contributed by atoms with van der Waals surface area (Å²) >= 11 is 0. The lowest BCUT2D eigenvalue weighted by Gasteiger charge is -2.20. The fourth-order valence-corrected chi connectivity index (χ4v) is 1.43. The zero-order chi connectivity index (χ0) is 9.97. The molecule has 0 bridgehead atoms. The first kappa shape index (κ1) is 9.30. The zero-order valence-corrected chi connectivity index (χ0v) is 7.90. The van der Waals surface area contributed by atoms with Crippen molar-refractivity contribution in [2.45, 2.75) is 6.04 Å². The zero-order valence-electron chi connectivity index (χ0n) is 7.90. The summed E-state index contributed by atoms with van der Waals surface area (Å²) in [7, 11) is 0. The maximum atomic E-state index is 5.81. The molecule has 0 amide bonds. The molecule has 0 spiro atoms. The molecule has 1 aliphatic heterocycles. The van der Waals surface area contributed by atoms with E-state index in [1.807, 2.05) is 18.2 Å². The molecule has 1 aliphatic rings. The Morgan fingerprint density at radius 2 is 1.93 bits per heavy atom. The van der Waals surface area contributed by atoms with Crippen LogP contribution >= 0.6 is 0 Å². The molecule has 1 atom stereocenters. The molecule has 0 radical (unpaired) electrons. The number of nitrogens with two attached hydrogens (primary N) is 2. The minimum Gasteiger partial charge on any atom is -0.486 e. The van der Waals surface area contributed by atoms with Crippen molar-refractivity contribution in [1.82, 2.24) is 0 Å². The highest BCUT2D eigenvalue weighted by atomic mass is 16.6. The second kappa shape index (κ2) is 3.86. The minimum atomic E-state index is -0.133. The molecule has 0 saturated heterocycles. The predicted octanol–water partition coefficient (Wildman–Crippen LogP) is 0.416. The first-order chi connectivity index (χ1) is 6.81. The van der Waals surface area contributed by atoms with Crippen LogP contribution in [0.2, 0.25) is 0 Å². The van der Waals surface area contributed by atoms with E-state index in [4.69, 9.17) is 20.9 Å². The molecule has 76 valence electrons. The number of fused-ring (bicyclic) bond motifs is 1. The molecule has 4 heteroatoms. The molecule has 0 unspecified atom stereocenters. The minimum absolute atomic E-state index is 0.133. The van der Waals surface area contributed by atoms with Gasteiger partial charge in [0.05, 0.1) is 0 Å². The maximum absolute atomic E-state index is 5.81. The van der Waals surface area contributed by atoms with E-state index in [2.05, 4.69) is 0 Å². The van der Waals surface area contributed by atoms with Gasteiger partial charge in [-0.1, -0.05) is 6.07 Å². The molecule has 4 nitrogen and oxygen atoms in total. The van der Waals surface area contributed by atoms with Crippen LogP contribution in [0.3, 0.4) is 0 Å². The summed E-state index contributed by atoms with van der Waals surface area (Å²) in [6.45, 7) is 1.63. The molecule has 0 aromatic heterocycles. The van der Waals surface area contributed by atoms with Crippen molar-refractivity contribution >= 4 is 0 Å². The highest BCUT2D eigenvalue weighted by Gasteiger charge is 2.13. The Labute approximate surface area is 82.8 Å². The fourth-order valence-electron chi connectivity index (χ4n) is 1.43. The maximum Gasteiger partial charge on any atom is 0.161 e. The molecular formula is C10H14N2O2. The fraction of sp³-hybridized carbons (Fsp3) is 0.400. The van der Waals surface area contributed by atoms with Crippen molar-refractivity contribution in [3.05, 3.63) is 23.8 Å². The van der Waals surface area contributed by atoms with Crippen LogP contribution in [0.25, 0.3) is 0 Å². The highest BCUT2D eigenvalue weighted by Crippen LogP contribution is 2.31. The number of hydrogen-bond donors (Lipinski definition) is 2. The van der Waals surface area contributed by atoms with E-state index in [1.54, 1.807) is 0 Å². The Morgan fingerprint density at radius 1 is 1.21 bits per heavy atom. The van der Waals surface area contributed by atoms with E-state index in [9.17, 15) is 0 Å². The van der Waals surface area contributed by atoms with Gasteiger partial charge in [-0.25, -0.2) is 0 Å². The van der Waals surface area contributed by atoms with Gasteiger partial charge in [-0.05, 0) is 17.7 Å². The molecule has 14 heavy (non-hydrogen) atoms. The van der Waals surface area contributed by atoms with Gasteiger partial charge in [0.25, 0.3) is 0 Å². The molecule has 4 N–H and O–H groups in total. The van der Waals surface area contributed by atoms with E-state index >= 15 is 0 Å². The quantitative estimate of drug-likeness (QED) is 0.715. The Kier molecular flexibility index (Phi) is 2.56. The van der Waals surface area contributed by atoms with E-state index in [0.29, 0.717) is 19.8 Å². The summed E-state index contributed by atoms with van der Waals surface area (Å²) in [4.78, 5) is 0. The van der Waals surface area contributed by atoms with Gasteiger partial charge in [0.2, 0.25) is 0 Å². The van der Waals surface area contributed by atoms with Crippen LogP contribution in [0.5, 0.6) is 11.5 Å². The number of benzene rings is 1. The molecule has 0 fully saturated rings. The molecule has 1 aromatic carbocycles. The summed E-state index contributed by atoms with van der Waals surface area (Å²) < 4.78 is 10.8. The SMILES string of the molecule is NC[C@H](N)c1ccc2c(c1)OCCO2. The van der Waals surface area contributed by atoms with E-state index in [-0.39, 0.29) is 6.04 Å². The first-order valence-electron chi connectivity index (χ1n) is 4.66. The van der Waals surface area contributed by atoms with Gasteiger partial charge in [-0.15, -0.1) is 0 Å². The summed E-state index contributed by atoms with van der Waals surface area (Å²) in [5.41, 5.74) is 12.3. The highest BCUT2D eigenvalue weighted by molar-refractivity contribution is 5.44. The smallest absolute Gasteiger partial charge is 0.161 e. The average Bonchev–Trinajstić information content (AvgIpc) is 2.27. The van der Waals surface area contributed by atoms with E-state index in [1.165, 1.54) is 0 Å². The van der Waals surface area contributed by atoms with Crippen molar-refractivity contribution < 1.29 is 9.47 Å². The topological polar surface area (TPSA) is 70.5 Å². The van der Waals surface area contributed by atoms with E-state index < -0.39 is 0 Å². The third-order valence-electron chi connectivity index (χ3n) is 2.25. The number of rotatable bonds is 2. The molecule has 0 aliphatic carbocycles. The Balaban J connectivity index is 2.29. The number of hydrogen-bond acceptors (Lipinski definition) is 4. The summed E-state index contributed by atoms with van der Waals surface area (Å²) in [6, 6.07) is 5.56.